The molecule has 2 aromatic rings. The Morgan fingerprint density at radius 2 is 1.86 bits per heavy atom. The molecule has 2 rings (SSSR count). The molecule has 1 unspecified atom stereocenters. The molecule has 0 bridgehead atoms. The van der Waals surface area contributed by atoms with Gasteiger partial charge in [-0.05, 0) is 48.7 Å². The zero-order chi connectivity index (χ0) is 15.6. The second-order valence-electron chi connectivity index (χ2n) is 4.76. The topological polar surface area (TPSA) is 9.23 Å². The van der Waals surface area contributed by atoms with Gasteiger partial charge in [-0.2, -0.15) is 0 Å². The van der Waals surface area contributed by atoms with Gasteiger partial charge in [-0.1, -0.05) is 45.2 Å². The molecule has 0 heterocycles. The van der Waals surface area contributed by atoms with Crippen molar-refractivity contribution in [3.05, 3.63) is 61.5 Å². The van der Waals surface area contributed by atoms with Crippen LogP contribution >= 0.6 is 50.7 Å². The van der Waals surface area contributed by atoms with E-state index < -0.39 is 0 Å². The van der Waals surface area contributed by atoms with Gasteiger partial charge in [0, 0.05) is 10.0 Å². The van der Waals surface area contributed by atoms with Crippen LogP contribution in [0, 0.1) is 6.92 Å². The van der Waals surface area contributed by atoms with Crippen LogP contribution in [0.2, 0.25) is 10.0 Å². The van der Waals surface area contributed by atoms with E-state index in [4.69, 9.17) is 39.5 Å². The van der Waals surface area contributed by atoms with Crippen LogP contribution < -0.4 is 4.74 Å². The Labute approximate surface area is 148 Å². The van der Waals surface area contributed by atoms with Gasteiger partial charge in [-0.3, -0.25) is 0 Å². The van der Waals surface area contributed by atoms with Gasteiger partial charge in [0.05, 0.1) is 22.5 Å². The first-order valence-corrected chi connectivity index (χ1v) is 8.33. The normalized spacial score (nSPS) is 12.3. The molecule has 0 amide bonds. The molecule has 0 saturated heterocycles. The molecule has 5 heteroatoms. The summed E-state index contributed by atoms with van der Waals surface area (Å²) in [6, 6.07) is 9.53. The molecule has 1 atom stereocenters. The highest BCUT2D eigenvalue weighted by Gasteiger charge is 2.16. The molecule has 2 aromatic carbocycles. The molecule has 0 spiro atoms. The predicted molar refractivity (Wildman–Crippen MR) is 94.2 cm³/mol. The van der Waals surface area contributed by atoms with Crippen molar-refractivity contribution >= 4 is 50.7 Å². The third-order valence-electron chi connectivity index (χ3n) is 3.25. The molecule has 0 aliphatic carbocycles. The first-order chi connectivity index (χ1) is 9.92. The van der Waals surface area contributed by atoms with E-state index in [1.165, 1.54) is 0 Å². The van der Waals surface area contributed by atoms with Gasteiger partial charge >= 0.3 is 0 Å². The number of hydrogen-bond donors (Lipinski definition) is 0. The van der Waals surface area contributed by atoms with Crippen LogP contribution in [0.25, 0.3) is 0 Å². The monoisotopic (exact) mass is 406 g/mol. The van der Waals surface area contributed by atoms with E-state index in [0.717, 1.165) is 26.9 Å². The molecule has 0 aliphatic rings. The van der Waals surface area contributed by atoms with E-state index in [9.17, 15) is 0 Å². The van der Waals surface area contributed by atoms with Gasteiger partial charge in [0.1, 0.15) is 5.75 Å². The van der Waals surface area contributed by atoms with Crippen LogP contribution in [-0.2, 0) is 6.42 Å². The zero-order valence-electron chi connectivity index (χ0n) is 11.6. The highest BCUT2D eigenvalue weighted by atomic mass is 79.9. The molecule has 0 N–H and O–H groups in total. The van der Waals surface area contributed by atoms with Crippen molar-refractivity contribution < 1.29 is 4.74 Å². The second-order valence-corrected chi connectivity index (χ2v) is 6.96. The molecule has 0 radical (unpaired) electrons. The molecule has 0 fully saturated rings. The first-order valence-electron chi connectivity index (χ1n) is 6.34. The minimum absolute atomic E-state index is 0.214. The number of aryl methyl sites for hydroxylation is 1. The molecule has 0 saturated carbocycles. The summed E-state index contributed by atoms with van der Waals surface area (Å²) in [7, 11) is 1.65. The van der Waals surface area contributed by atoms with Gasteiger partial charge in [0.2, 0.25) is 0 Å². The van der Waals surface area contributed by atoms with Crippen LogP contribution in [0.4, 0.5) is 0 Å². The average molecular weight is 409 g/mol. The van der Waals surface area contributed by atoms with Gasteiger partial charge < -0.3 is 4.74 Å². The summed E-state index contributed by atoms with van der Waals surface area (Å²) in [5.74, 6) is 0.788. The molecular weight excluding hydrogens is 394 g/mol. The third-order valence-corrected chi connectivity index (χ3v) is 5.23. The maximum absolute atomic E-state index is 6.56. The Kier molecular flexibility index (Phi) is 5.84. The SMILES string of the molecule is COc1cc(C)c(Br)cc1C(Cl)Cc1ccc(Cl)c(Cl)c1. The van der Waals surface area contributed by atoms with E-state index in [-0.39, 0.29) is 5.38 Å². The van der Waals surface area contributed by atoms with E-state index in [1.54, 1.807) is 13.2 Å². The molecule has 1 nitrogen and oxygen atoms in total. The highest BCUT2D eigenvalue weighted by molar-refractivity contribution is 9.10. The largest absolute Gasteiger partial charge is 0.496 e. The van der Waals surface area contributed by atoms with Crippen molar-refractivity contribution in [3.63, 3.8) is 0 Å². The summed E-state index contributed by atoms with van der Waals surface area (Å²) in [5.41, 5.74) is 3.08. The minimum atomic E-state index is -0.214. The summed E-state index contributed by atoms with van der Waals surface area (Å²) in [5, 5.41) is 0.867. The van der Waals surface area contributed by atoms with Crippen LogP contribution in [-0.4, -0.2) is 7.11 Å². The molecule has 0 aliphatic heterocycles. The standard InChI is InChI=1S/C16H14BrCl3O/c1-9-5-16(21-2)11(8-12(9)17)14(19)6-10-3-4-13(18)15(20)7-10/h3-5,7-8,14H,6H2,1-2H3. The fourth-order valence-corrected chi connectivity index (χ4v) is 3.11. The van der Waals surface area contributed by atoms with E-state index in [1.807, 2.05) is 31.2 Å². The average Bonchev–Trinajstić information content (AvgIpc) is 2.45. The van der Waals surface area contributed by atoms with Crippen molar-refractivity contribution in [2.75, 3.05) is 7.11 Å². The van der Waals surface area contributed by atoms with Crippen LogP contribution in [0.5, 0.6) is 5.75 Å². The fraction of sp³-hybridized carbons (Fsp3) is 0.250. The van der Waals surface area contributed by atoms with Gasteiger partial charge in [0.25, 0.3) is 0 Å². The number of halogens is 4. The number of ether oxygens (including phenoxy) is 1. The minimum Gasteiger partial charge on any atom is -0.496 e. The van der Waals surface area contributed by atoms with Gasteiger partial charge in [0.15, 0.2) is 0 Å². The molecule has 112 valence electrons. The van der Waals surface area contributed by atoms with Crippen molar-refractivity contribution in [2.24, 2.45) is 0 Å². The number of alkyl halides is 1. The lowest BCUT2D eigenvalue weighted by Crippen LogP contribution is -2.00. The third kappa shape index (κ3) is 4.07. The maximum atomic E-state index is 6.56. The summed E-state index contributed by atoms with van der Waals surface area (Å²) in [6.45, 7) is 2.01. The lowest BCUT2D eigenvalue weighted by atomic mass is 10.0. The van der Waals surface area contributed by atoms with E-state index in [0.29, 0.717) is 16.5 Å². The summed E-state index contributed by atoms with van der Waals surface area (Å²) in [4.78, 5) is 0. The van der Waals surface area contributed by atoms with Crippen molar-refractivity contribution in [2.45, 2.75) is 18.7 Å². The number of hydrogen-bond acceptors (Lipinski definition) is 1. The molecule has 21 heavy (non-hydrogen) atoms. The Morgan fingerprint density at radius 3 is 2.48 bits per heavy atom. The summed E-state index contributed by atoms with van der Waals surface area (Å²) in [6.07, 6.45) is 0.643. The highest BCUT2D eigenvalue weighted by Crippen LogP contribution is 2.36. The van der Waals surface area contributed by atoms with E-state index in [2.05, 4.69) is 15.9 Å². The van der Waals surface area contributed by atoms with Crippen molar-refractivity contribution in [3.8, 4) is 5.75 Å². The molecular formula is C16H14BrCl3O. The zero-order valence-corrected chi connectivity index (χ0v) is 15.4. The first kappa shape index (κ1) is 17.0. The quantitative estimate of drug-likeness (QED) is 0.518. The Balaban J connectivity index is 2.29. The predicted octanol–water partition coefficient (Wildman–Crippen LogP) is 6.60. The fourth-order valence-electron chi connectivity index (χ4n) is 2.08. The Bertz CT molecular complexity index is 658. The number of rotatable bonds is 4. The Morgan fingerprint density at radius 1 is 1.14 bits per heavy atom. The summed E-state index contributed by atoms with van der Waals surface area (Å²) >= 11 is 22.1. The lowest BCUT2D eigenvalue weighted by Gasteiger charge is -2.16. The second kappa shape index (κ2) is 7.23. The maximum Gasteiger partial charge on any atom is 0.123 e. The smallest absolute Gasteiger partial charge is 0.123 e. The molecule has 0 aromatic heterocycles. The Hall–Kier alpha value is -0.410. The number of methoxy groups -OCH3 is 1. The van der Waals surface area contributed by atoms with E-state index >= 15 is 0 Å². The van der Waals surface area contributed by atoms with Crippen LogP contribution in [0.3, 0.4) is 0 Å². The van der Waals surface area contributed by atoms with Crippen molar-refractivity contribution in [1.29, 1.82) is 0 Å². The van der Waals surface area contributed by atoms with Crippen LogP contribution in [0.1, 0.15) is 22.1 Å². The van der Waals surface area contributed by atoms with Gasteiger partial charge in [-0.15, -0.1) is 11.6 Å². The number of benzene rings is 2. The van der Waals surface area contributed by atoms with Gasteiger partial charge in [-0.25, -0.2) is 0 Å². The van der Waals surface area contributed by atoms with Crippen molar-refractivity contribution in [1.82, 2.24) is 0 Å². The lowest BCUT2D eigenvalue weighted by molar-refractivity contribution is 0.408. The van der Waals surface area contributed by atoms with Crippen LogP contribution in [0.15, 0.2) is 34.8 Å². The summed E-state index contributed by atoms with van der Waals surface area (Å²) < 4.78 is 6.44.